The van der Waals surface area contributed by atoms with E-state index in [1.165, 1.54) is 30.4 Å². The lowest BCUT2D eigenvalue weighted by atomic mass is 9.73. The Balaban J connectivity index is 1.79. The molecule has 2 saturated heterocycles. The maximum absolute atomic E-state index is 11.6. The Hall–Kier alpha value is -0.830. The normalized spacial score (nSPS) is 46.8. The third-order valence-electron chi connectivity index (χ3n) is 4.40. The van der Waals surface area contributed by atoms with Gasteiger partial charge in [-0.25, -0.2) is 0 Å². The van der Waals surface area contributed by atoms with Gasteiger partial charge in [-0.1, -0.05) is 0 Å². The molecule has 4 atom stereocenters. The van der Waals surface area contributed by atoms with Gasteiger partial charge in [-0.3, -0.25) is 4.79 Å². The van der Waals surface area contributed by atoms with Crippen LogP contribution in [0.4, 0.5) is 0 Å². The van der Waals surface area contributed by atoms with E-state index in [1.807, 2.05) is 0 Å². The van der Waals surface area contributed by atoms with Crippen molar-refractivity contribution in [2.75, 3.05) is 6.61 Å². The van der Waals surface area contributed by atoms with Gasteiger partial charge in [0.2, 0.25) is 0 Å². The highest BCUT2D eigenvalue weighted by molar-refractivity contribution is 5.78. The van der Waals surface area contributed by atoms with E-state index < -0.39 is 0 Å². The van der Waals surface area contributed by atoms with E-state index >= 15 is 0 Å². The van der Waals surface area contributed by atoms with E-state index in [1.54, 1.807) is 0 Å². The van der Waals surface area contributed by atoms with Gasteiger partial charge in [-0.2, -0.15) is 0 Å². The molecular formula is C12H14O3. The summed E-state index contributed by atoms with van der Waals surface area (Å²) < 4.78 is 11.1. The van der Waals surface area contributed by atoms with Crippen molar-refractivity contribution in [2.45, 2.75) is 37.9 Å². The first-order valence-electron chi connectivity index (χ1n) is 5.90. The van der Waals surface area contributed by atoms with E-state index in [0.29, 0.717) is 12.5 Å². The largest absolute Gasteiger partial charge is 0.465 e. The van der Waals surface area contributed by atoms with Crippen LogP contribution in [-0.4, -0.2) is 24.8 Å². The number of fused-ring (bicyclic) bond motifs is 7. The van der Waals surface area contributed by atoms with Gasteiger partial charge < -0.3 is 9.47 Å². The second-order valence-corrected chi connectivity index (χ2v) is 5.05. The average Bonchev–Trinajstić information content (AvgIpc) is 2.90. The topological polar surface area (TPSA) is 35.5 Å². The Morgan fingerprint density at radius 2 is 1.80 bits per heavy atom. The monoisotopic (exact) mass is 206 g/mol. The molecule has 3 aliphatic heterocycles. The van der Waals surface area contributed by atoms with E-state index in [0.717, 1.165) is 6.42 Å². The molecule has 0 saturated carbocycles. The van der Waals surface area contributed by atoms with Crippen molar-refractivity contribution >= 4 is 5.97 Å². The SMILES string of the molecule is O=C1OC[C@H]2[C@@H]1[C@H]1O[C@@H]2C2=C1CCCC2. The lowest BCUT2D eigenvalue weighted by Gasteiger charge is -2.26. The van der Waals surface area contributed by atoms with Crippen LogP contribution in [0, 0.1) is 11.8 Å². The van der Waals surface area contributed by atoms with Gasteiger partial charge in [0.25, 0.3) is 0 Å². The van der Waals surface area contributed by atoms with Gasteiger partial charge >= 0.3 is 5.97 Å². The van der Waals surface area contributed by atoms with Crippen LogP contribution in [0.2, 0.25) is 0 Å². The van der Waals surface area contributed by atoms with E-state index in [9.17, 15) is 4.79 Å². The molecule has 80 valence electrons. The molecule has 2 bridgehead atoms. The van der Waals surface area contributed by atoms with Crippen molar-refractivity contribution in [3.63, 3.8) is 0 Å². The standard InChI is InChI=1S/C12H14O3/c13-12-9-8(5-14-12)10-6-3-1-2-4-7(6)11(9)15-10/h8-11H,1-5H2/t8-,9+,10+,11-/m0/s1. The molecule has 0 radical (unpaired) electrons. The van der Waals surface area contributed by atoms with Gasteiger partial charge in [-0.15, -0.1) is 0 Å². The second-order valence-electron chi connectivity index (χ2n) is 5.05. The van der Waals surface area contributed by atoms with Crippen molar-refractivity contribution in [1.82, 2.24) is 0 Å². The molecule has 0 spiro atoms. The third-order valence-corrected chi connectivity index (χ3v) is 4.40. The summed E-state index contributed by atoms with van der Waals surface area (Å²) in [5, 5.41) is 0. The van der Waals surface area contributed by atoms with E-state index in [-0.39, 0.29) is 24.1 Å². The molecule has 0 aromatic heterocycles. The molecule has 2 fully saturated rings. The van der Waals surface area contributed by atoms with Crippen molar-refractivity contribution in [3.05, 3.63) is 11.1 Å². The van der Waals surface area contributed by atoms with Gasteiger partial charge in [0.05, 0.1) is 24.7 Å². The Kier molecular flexibility index (Phi) is 1.47. The molecular weight excluding hydrogens is 192 g/mol. The van der Waals surface area contributed by atoms with Crippen molar-refractivity contribution < 1.29 is 14.3 Å². The fraction of sp³-hybridized carbons (Fsp3) is 0.750. The zero-order valence-corrected chi connectivity index (χ0v) is 8.57. The molecule has 0 N–H and O–H groups in total. The predicted octanol–water partition coefficient (Wildman–Crippen LogP) is 1.43. The molecule has 3 heteroatoms. The molecule has 3 heterocycles. The summed E-state index contributed by atoms with van der Waals surface area (Å²) in [6.07, 6.45) is 5.20. The van der Waals surface area contributed by atoms with Gasteiger partial charge in [-0.05, 0) is 36.8 Å². The predicted molar refractivity (Wildman–Crippen MR) is 52.1 cm³/mol. The number of hydrogen-bond acceptors (Lipinski definition) is 3. The quantitative estimate of drug-likeness (QED) is 0.444. The van der Waals surface area contributed by atoms with Crippen LogP contribution in [0.15, 0.2) is 11.1 Å². The summed E-state index contributed by atoms with van der Waals surface area (Å²) in [5.41, 5.74) is 2.97. The summed E-state index contributed by atoms with van der Waals surface area (Å²) >= 11 is 0. The summed E-state index contributed by atoms with van der Waals surface area (Å²) in [4.78, 5) is 11.6. The molecule has 0 aromatic rings. The minimum Gasteiger partial charge on any atom is -0.465 e. The Labute approximate surface area is 88.4 Å². The van der Waals surface area contributed by atoms with Crippen LogP contribution in [0.25, 0.3) is 0 Å². The number of carbonyl (C=O) groups excluding carboxylic acids is 1. The maximum Gasteiger partial charge on any atom is 0.312 e. The number of rotatable bonds is 0. The lowest BCUT2D eigenvalue weighted by Crippen LogP contribution is -2.31. The molecule has 3 nitrogen and oxygen atoms in total. The average molecular weight is 206 g/mol. The lowest BCUT2D eigenvalue weighted by molar-refractivity contribution is -0.143. The van der Waals surface area contributed by atoms with Crippen LogP contribution in [0.3, 0.4) is 0 Å². The first kappa shape index (κ1) is 8.34. The first-order valence-corrected chi connectivity index (χ1v) is 5.90. The van der Waals surface area contributed by atoms with Crippen LogP contribution < -0.4 is 0 Å². The zero-order chi connectivity index (χ0) is 9.99. The molecule has 4 rings (SSSR count). The van der Waals surface area contributed by atoms with E-state index in [4.69, 9.17) is 9.47 Å². The third kappa shape index (κ3) is 0.882. The zero-order valence-electron chi connectivity index (χ0n) is 8.57. The summed E-state index contributed by atoms with van der Waals surface area (Å²) in [7, 11) is 0. The highest BCUT2D eigenvalue weighted by atomic mass is 16.6. The molecule has 15 heavy (non-hydrogen) atoms. The molecule has 0 amide bonds. The van der Waals surface area contributed by atoms with Crippen molar-refractivity contribution in [1.29, 1.82) is 0 Å². The first-order chi connectivity index (χ1) is 7.36. The summed E-state index contributed by atoms with van der Waals surface area (Å²) in [5.74, 6) is 0.343. The van der Waals surface area contributed by atoms with Gasteiger partial charge in [0.15, 0.2) is 0 Å². The second kappa shape index (κ2) is 2.64. The minimum atomic E-state index is -0.0235. The summed E-state index contributed by atoms with van der Waals surface area (Å²) in [6, 6.07) is 0. The number of hydrogen-bond donors (Lipinski definition) is 0. The van der Waals surface area contributed by atoms with Crippen LogP contribution >= 0.6 is 0 Å². The van der Waals surface area contributed by atoms with E-state index in [2.05, 4.69) is 0 Å². The van der Waals surface area contributed by atoms with Crippen LogP contribution in [0.5, 0.6) is 0 Å². The van der Waals surface area contributed by atoms with Crippen molar-refractivity contribution in [3.8, 4) is 0 Å². The van der Waals surface area contributed by atoms with Crippen LogP contribution in [-0.2, 0) is 14.3 Å². The smallest absolute Gasteiger partial charge is 0.312 e. The molecule has 1 aliphatic carbocycles. The fourth-order valence-corrected chi connectivity index (χ4v) is 3.76. The number of carbonyl (C=O) groups is 1. The minimum absolute atomic E-state index is 0.0235. The number of esters is 1. The molecule has 0 unspecified atom stereocenters. The molecule has 0 aromatic carbocycles. The number of ether oxygens (including phenoxy) is 2. The Morgan fingerprint density at radius 3 is 2.60 bits per heavy atom. The molecule has 4 aliphatic rings. The number of cyclic esters (lactones) is 1. The maximum atomic E-state index is 11.6. The van der Waals surface area contributed by atoms with Crippen LogP contribution in [0.1, 0.15) is 25.7 Å². The fourth-order valence-electron chi connectivity index (χ4n) is 3.76. The van der Waals surface area contributed by atoms with Gasteiger partial charge in [0, 0.05) is 5.92 Å². The highest BCUT2D eigenvalue weighted by Crippen LogP contribution is 2.53. The summed E-state index contributed by atoms with van der Waals surface area (Å²) in [6.45, 7) is 0.585. The Morgan fingerprint density at radius 1 is 1.07 bits per heavy atom. The van der Waals surface area contributed by atoms with Crippen molar-refractivity contribution in [2.24, 2.45) is 11.8 Å². The van der Waals surface area contributed by atoms with Gasteiger partial charge in [0.1, 0.15) is 0 Å². The Bertz CT molecular complexity index is 371. The highest BCUT2D eigenvalue weighted by Gasteiger charge is 2.59.